The fourth-order valence-electron chi connectivity index (χ4n) is 0. The molecule has 0 rings (SSSR count). The summed E-state index contributed by atoms with van der Waals surface area (Å²) in [4.78, 5) is 0. The van der Waals surface area contributed by atoms with Crippen LogP contribution in [0.5, 0.6) is 0 Å². The van der Waals surface area contributed by atoms with Gasteiger partial charge in [0.1, 0.15) is 0 Å². The molecule has 0 atom stereocenters. The van der Waals surface area contributed by atoms with Crippen molar-refractivity contribution in [2.45, 2.75) is 25.0 Å². The van der Waals surface area contributed by atoms with E-state index < -0.39 is 14.5 Å². The average molecular weight is 166 g/mol. The van der Waals surface area contributed by atoms with Crippen LogP contribution in [-0.2, 0) is 0 Å². The summed E-state index contributed by atoms with van der Waals surface area (Å²) in [5, 5.41) is 0. The second-order valence-electron chi connectivity index (χ2n) is 2.48. The van der Waals surface area contributed by atoms with Crippen LogP contribution in [0.15, 0.2) is 0 Å². The summed E-state index contributed by atoms with van der Waals surface area (Å²) >= 11 is -0.403. The zero-order valence-electron chi connectivity index (χ0n) is 4.46. The Balaban J connectivity index is 3.17. The first kappa shape index (κ1) is 6.83. The minimum absolute atomic E-state index is 0.403. The van der Waals surface area contributed by atoms with Crippen LogP contribution in [0.2, 0.25) is 4.25 Å². The van der Waals surface area contributed by atoms with E-state index in [0.29, 0.717) is 4.25 Å². The third-order valence-corrected chi connectivity index (χ3v) is 5.10. The van der Waals surface area contributed by atoms with Crippen LogP contribution in [0.25, 0.3) is 0 Å². The van der Waals surface area contributed by atoms with E-state index in [1.165, 1.54) is 0 Å². The summed E-state index contributed by atoms with van der Waals surface area (Å²) in [5.41, 5.74) is 0. The van der Waals surface area contributed by atoms with Crippen LogP contribution < -0.4 is 0 Å². The van der Waals surface area contributed by atoms with E-state index in [-0.39, 0.29) is 0 Å². The first-order chi connectivity index (χ1) is 2.56. The maximum atomic E-state index is 5.63. The van der Waals surface area contributed by atoms with Gasteiger partial charge in [-0.3, -0.25) is 0 Å². The van der Waals surface area contributed by atoms with E-state index in [4.69, 9.17) is 10.0 Å². The molecule has 0 spiro atoms. The van der Waals surface area contributed by atoms with Gasteiger partial charge in [0.05, 0.1) is 0 Å². The molecule has 0 aliphatic heterocycles. The molecule has 0 bridgehead atoms. The molecular formula is C4H10ClGe. The molecule has 0 aromatic rings. The molecular weight excluding hydrogens is 156 g/mol. The number of hydrogen-bond donors (Lipinski definition) is 0. The molecule has 0 N–H and O–H groups in total. The van der Waals surface area contributed by atoms with Gasteiger partial charge in [0.25, 0.3) is 0 Å². The van der Waals surface area contributed by atoms with Gasteiger partial charge >= 0.3 is 49.5 Å². The molecule has 0 fully saturated rings. The van der Waals surface area contributed by atoms with Crippen LogP contribution >= 0.6 is 10.0 Å². The molecule has 0 aromatic heterocycles. The van der Waals surface area contributed by atoms with E-state index in [1.807, 2.05) is 0 Å². The third kappa shape index (κ3) is 4.83. The summed E-state index contributed by atoms with van der Waals surface area (Å²) in [6.45, 7) is 6.54. The molecule has 0 saturated heterocycles. The van der Waals surface area contributed by atoms with Gasteiger partial charge in [-0.25, -0.2) is 0 Å². The Morgan fingerprint density at radius 3 is 1.50 bits per heavy atom. The van der Waals surface area contributed by atoms with Crippen LogP contribution in [0, 0.1) is 0 Å². The first-order valence-corrected chi connectivity index (χ1v) is 6.40. The average Bonchev–Trinajstić information content (AvgIpc) is 1.35. The number of halogens is 1. The van der Waals surface area contributed by atoms with Crippen LogP contribution in [-0.4, -0.2) is 14.5 Å². The minimum atomic E-state index is -0.403. The second-order valence-corrected chi connectivity index (χ2v) is 7.70. The molecule has 0 aliphatic rings. The van der Waals surface area contributed by atoms with Crippen molar-refractivity contribution in [2.24, 2.45) is 0 Å². The van der Waals surface area contributed by atoms with E-state index in [0.717, 1.165) is 0 Å². The van der Waals surface area contributed by atoms with Crippen molar-refractivity contribution in [3.63, 3.8) is 0 Å². The summed E-state index contributed by atoms with van der Waals surface area (Å²) in [6.07, 6.45) is 0. The summed E-state index contributed by atoms with van der Waals surface area (Å²) < 4.78 is 0.463. The van der Waals surface area contributed by atoms with Gasteiger partial charge in [-0.1, -0.05) is 0 Å². The summed E-state index contributed by atoms with van der Waals surface area (Å²) in [6, 6.07) is 0. The van der Waals surface area contributed by atoms with E-state index in [1.54, 1.807) is 0 Å². The Morgan fingerprint density at radius 1 is 1.33 bits per heavy atom. The normalized spacial score (nSPS) is 12.0. The van der Waals surface area contributed by atoms with Crippen LogP contribution in [0.4, 0.5) is 0 Å². The van der Waals surface area contributed by atoms with Gasteiger partial charge in [0.15, 0.2) is 0 Å². The predicted octanol–water partition coefficient (Wildman–Crippen LogP) is 1.80. The van der Waals surface area contributed by atoms with Gasteiger partial charge in [-0.15, -0.1) is 0 Å². The quantitative estimate of drug-likeness (QED) is 0.481. The monoisotopic (exact) mass is 167 g/mol. The van der Waals surface area contributed by atoms with Gasteiger partial charge in [-0.05, 0) is 0 Å². The molecule has 0 heterocycles. The van der Waals surface area contributed by atoms with Gasteiger partial charge in [-0.2, -0.15) is 0 Å². The molecule has 6 heavy (non-hydrogen) atoms. The standard InChI is InChI=1S/C4H10ClGe/c1-4(2,3)6-5/h6H,1-3H3. The molecule has 0 aromatic carbocycles. The Morgan fingerprint density at radius 2 is 1.50 bits per heavy atom. The van der Waals surface area contributed by atoms with Crippen molar-refractivity contribution < 1.29 is 0 Å². The maximum absolute atomic E-state index is 5.63. The van der Waals surface area contributed by atoms with E-state index >= 15 is 0 Å². The Kier molecular flexibility index (Phi) is 2.53. The summed E-state index contributed by atoms with van der Waals surface area (Å²) in [5.74, 6) is 0. The van der Waals surface area contributed by atoms with Crippen molar-refractivity contribution in [1.82, 2.24) is 0 Å². The van der Waals surface area contributed by atoms with Crippen molar-refractivity contribution in [3.05, 3.63) is 0 Å². The molecule has 0 aliphatic carbocycles. The molecule has 0 unspecified atom stereocenters. The van der Waals surface area contributed by atoms with Gasteiger partial charge in [0, 0.05) is 0 Å². The fourth-order valence-corrected chi connectivity index (χ4v) is 0. The van der Waals surface area contributed by atoms with Crippen molar-refractivity contribution in [3.8, 4) is 0 Å². The molecule has 0 amide bonds. The zero-order chi connectivity index (χ0) is 5.21. The fraction of sp³-hybridized carbons (Fsp3) is 1.00. The molecule has 0 nitrogen and oxygen atoms in total. The zero-order valence-corrected chi connectivity index (χ0v) is 7.63. The molecule has 1 radical (unpaired) electrons. The van der Waals surface area contributed by atoms with Crippen LogP contribution in [0.1, 0.15) is 20.8 Å². The Labute approximate surface area is 49.9 Å². The number of hydrogen-bond acceptors (Lipinski definition) is 0. The SMILES string of the molecule is C[C](C)(C)[GeH][Cl]. The number of rotatable bonds is 0. The summed E-state index contributed by atoms with van der Waals surface area (Å²) in [7, 11) is 5.63. The van der Waals surface area contributed by atoms with Crippen LogP contribution in [0.3, 0.4) is 0 Å². The molecule has 37 valence electrons. The van der Waals surface area contributed by atoms with Gasteiger partial charge < -0.3 is 0 Å². The molecule has 0 saturated carbocycles. The van der Waals surface area contributed by atoms with Crippen molar-refractivity contribution in [1.29, 1.82) is 0 Å². The van der Waals surface area contributed by atoms with Crippen molar-refractivity contribution >= 4 is 24.5 Å². The third-order valence-electron chi connectivity index (χ3n) is 0.327. The van der Waals surface area contributed by atoms with E-state index in [9.17, 15) is 0 Å². The first-order valence-electron chi connectivity index (χ1n) is 2.01. The predicted molar refractivity (Wildman–Crippen MR) is 32.7 cm³/mol. The van der Waals surface area contributed by atoms with Gasteiger partial charge in [0.2, 0.25) is 0 Å². The Hall–Kier alpha value is 0.833. The Bertz CT molecular complexity index is 37.3. The van der Waals surface area contributed by atoms with E-state index in [2.05, 4.69) is 20.8 Å². The topological polar surface area (TPSA) is 0 Å². The second kappa shape index (κ2) is 2.22. The molecule has 2 heteroatoms. The van der Waals surface area contributed by atoms with Crippen molar-refractivity contribution in [2.75, 3.05) is 0 Å².